The minimum Gasteiger partial charge on any atom is -0.501 e. The van der Waals surface area contributed by atoms with Crippen molar-refractivity contribution in [3.8, 4) is 0 Å². The Morgan fingerprint density at radius 1 is 1.27 bits per heavy atom. The topological polar surface area (TPSA) is 26.3 Å². The van der Waals surface area contributed by atoms with Crippen LogP contribution in [0.4, 0.5) is 0 Å². The summed E-state index contributed by atoms with van der Waals surface area (Å²) in [5.41, 5.74) is -0.404. The van der Waals surface area contributed by atoms with Gasteiger partial charge in [0.15, 0.2) is 0 Å². The predicted molar refractivity (Wildman–Crippen MR) is 63.6 cm³/mol. The zero-order chi connectivity index (χ0) is 12.4. The summed E-state index contributed by atoms with van der Waals surface area (Å²) in [5.74, 6) is 0.758. The van der Waals surface area contributed by atoms with Crippen LogP contribution in [0.3, 0.4) is 0 Å². The molecule has 0 radical (unpaired) electrons. The highest BCUT2D eigenvalue weighted by molar-refractivity contribution is 5.79. The lowest BCUT2D eigenvalue weighted by molar-refractivity contribution is -0.127. The van der Waals surface area contributed by atoms with Crippen molar-refractivity contribution in [1.29, 1.82) is 0 Å². The van der Waals surface area contributed by atoms with E-state index in [1.165, 1.54) is 0 Å². The Morgan fingerprint density at radius 3 is 1.87 bits per heavy atom. The van der Waals surface area contributed by atoms with E-state index in [0.29, 0.717) is 5.76 Å². The van der Waals surface area contributed by atoms with E-state index >= 15 is 0 Å². The number of hydrogen-bond donors (Lipinski definition) is 0. The van der Waals surface area contributed by atoms with E-state index in [4.69, 9.17) is 4.74 Å². The number of rotatable bonds is 4. The Morgan fingerprint density at radius 2 is 1.67 bits per heavy atom. The molecule has 0 bridgehead atoms. The molecule has 0 aliphatic heterocycles. The molecular weight excluding hydrogens is 188 g/mol. The summed E-state index contributed by atoms with van der Waals surface area (Å²) in [7, 11) is 1.61. The van der Waals surface area contributed by atoms with Crippen molar-refractivity contribution in [1.82, 2.24) is 0 Å². The second-order valence-electron chi connectivity index (χ2n) is 5.41. The number of allylic oxidation sites excluding steroid dienone is 1. The fraction of sp³-hybridized carbons (Fsp3) is 0.769. The molecule has 0 amide bonds. The van der Waals surface area contributed by atoms with E-state index in [1.807, 2.05) is 13.8 Å². The van der Waals surface area contributed by atoms with Crippen LogP contribution in [0.1, 0.15) is 41.5 Å². The maximum atomic E-state index is 11.6. The summed E-state index contributed by atoms with van der Waals surface area (Å²) in [6.07, 6.45) is 0. The lowest BCUT2D eigenvalue weighted by Gasteiger charge is -2.45. The van der Waals surface area contributed by atoms with Crippen LogP contribution < -0.4 is 0 Å². The van der Waals surface area contributed by atoms with Crippen LogP contribution in [-0.4, -0.2) is 12.9 Å². The maximum Gasteiger partial charge on any atom is 0.133 e. The number of carbonyl (C=O) groups excluding carboxylic acids is 1. The van der Waals surface area contributed by atoms with E-state index < -0.39 is 0 Å². The summed E-state index contributed by atoms with van der Waals surface area (Å²) in [5, 5.41) is 0. The number of methoxy groups -OCH3 is 1. The Hall–Kier alpha value is -0.790. The van der Waals surface area contributed by atoms with Crippen LogP contribution in [0.2, 0.25) is 0 Å². The second kappa shape index (κ2) is 4.38. The highest BCUT2D eigenvalue weighted by atomic mass is 16.5. The number of carbonyl (C=O) groups is 1. The molecule has 15 heavy (non-hydrogen) atoms. The largest absolute Gasteiger partial charge is 0.501 e. The van der Waals surface area contributed by atoms with Gasteiger partial charge in [-0.25, -0.2) is 0 Å². The van der Waals surface area contributed by atoms with Crippen LogP contribution in [0.15, 0.2) is 12.3 Å². The Balaban J connectivity index is 5.41. The first-order chi connectivity index (χ1) is 6.59. The summed E-state index contributed by atoms with van der Waals surface area (Å²) < 4.78 is 5.27. The smallest absolute Gasteiger partial charge is 0.133 e. The Bertz CT molecular complexity index is 260. The number of ketones is 1. The van der Waals surface area contributed by atoms with Crippen LogP contribution in [0.25, 0.3) is 0 Å². The van der Waals surface area contributed by atoms with Gasteiger partial charge in [0.05, 0.1) is 12.9 Å². The van der Waals surface area contributed by atoms with Gasteiger partial charge in [0.25, 0.3) is 0 Å². The SMILES string of the molecule is C=C(OC)C(C)(C(C)C(C)=O)C(C)(C)C. The second-order valence-corrected chi connectivity index (χ2v) is 5.41. The zero-order valence-electron chi connectivity index (χ0n) is 11.1. The molecule has 0 spiro atoms. The maximum absolute atomic E-state index is 11.6. The van der Waals surface area contributed by atoms with Crippen molar-refractivity contribution in [3.63, 3.8) is 0 Å². The number of hydrogen-bond acceptors (Lipinski definition) is 2. The van der Waals surface area contributed by atoms with Gasteiger partial charge in [0.1, 0.15) is 5.78 Å². The minimum absolute atomic E-state index is 0.0643. The molecule has 0 saturated carbocycles. The molecule has 88 valence electrons. The third kappa shape index (κ3) is 2.42. The molecule has 0 rings (SSSR count). The molecule has 0 aromatic carbocycles. The van der Waals surface area contributed by atoms with Crippen LogP contribution in [0.5, 0.6) is 0 Å². The molecule has 0 fully saturated rings. The monoisotopic (exact) mass is 212 g/mol. The summed E-state index contributed by atoms with van der Waals surface area (Å²) in [6, 6.07) is 0. The van der Waals surface area contributed by atoms with Gasteiger partial charge >= 0.3 is 0 Å². The van der Waals surface area contributed by atoms with Gasteiger partial charge in [-0.1, -0.05) is 41.2 Å². The van der Waals surface area contributed by atoms with E-state index in [0.717, 1.165) is 0 Å². The molecule has 0 N–H and O–H groups in total. The first kappa shape index (κ1) is 14.2. The predicted octanol–water partition coefficient (Wildman–Crippen LogP) is 3.42. The molecule has 0 heterocycles. The minimum atomic E-state index is -0.340. The van der Waals surface area contributed by atoms with Crippen LogP contribution >= 0.6 is 0 Å². The highest BCUT2D eigenvalue weighted by Crippen LogP contribution is 2.49. The molecule has 0 aliphatic rings. The van der Waals surface area contributed by atoms with Gasteiger partial charge < -0.3 is 4.74 Å². The van der Waals surface area contributed by atoms with Crippen LogP contribution in [0, 0.1) is 16.7 Å². The van der Waals surface area contributed by atoms with Crippen molar-refractivity contribution in [2.45, 2.75) is 41.5 Å². The first-order valence-corrected chi connectivity index (χ1v) is 5.32. The molecular formula is C13H24O2. The fourth-order valence-corrected chi connectivity index (χ4v) is 1.93. The van der Waals surface area contributed by atoms with E-state index in [1.54, 1.807) is 14.0 Å². The molecule has 2 nitrogen and oxygen atoms in total. The molecule has 0 saturated heterocycles. The lowest BCUT2D eigenvalue weighted by Crippen LogP contribution is -2.43. The molecule has 2 unspecified atom stereocenters. The zero-order valence-corrected chi connectivity index (χ0v) is 11.1. The van der Waals surface area contributed by atoms with E-state index in [2.05, 4.69) is 27.4 Å². The molecule has 0 aromatic rings. The number of Topliss-reactive ketones (excluding diaryl/α,β-unsaturated/α-hetero) is 1. The van der Waals surface area contributed by atoms with Gasteiger partial charge in [-0.2, -0.15) is 0 Å². The third-order valence-corrected chi connectivity index (χ3v) is 3.86. The average molecular weight is 212 g/mol. The van der Waals surface area contributed by atoms with E-state index in [-0.39, 0.29) is 22.5 Å². The summed E-state index contributed by atoms with van der Waals surface area (Å²) in [6.45, 7) is 15.9. The molecule has 2 atom stereocenters. The summed E-state index contributed by atoms with van der Waals surface area (Å²) >= 11 is 0. The van der Waals surface area contributed by atoms with Crippen molar-refractivity contribution in [2.75, 3.05) is 7.11 Å². The fourth-order valence-electron chi connectivity index (χ4n) is 1.93. The Kier molecular flexibility index (Phi) is 4.15. The van der Waals surface area contributed by atoms with E-state index in [9.17, 15) is 4.79 Å². The van der Waals surface area contributed by atoms with Gasteiger partial charge in [-0.05, 0) is 12.3 Å². The summed E-state index contributed by atoms with van der Waals surface area (Å²) in [4.78, 5) is 11.6. The molecule has 2 heteroatoms. The normalized spacial score (nSPS) is 17.8. The van der Waals surface area contributed by atoms with Gasteiger partial charge in [-0.3, -0.25) is 4.79 Å². The van der Waals surface area contributed by atoms with Crippen molar-refractivity contribution >= 4 is 5.78 Å². The van der Waals surface area contributed by atoms with Gasteiger partial charge in [-0.15, -0.1) is 0 Å². The quantitative estimate of drug-likeness (QED) is 0.667. The number of ether oxygens (including phenoxy) is 1. The molecule has 0 aliphatic carbocycles. The van der Waals surface area contributed by atoms with Gasteiger partial charge in [0, 0.05) is 11.3 Å². The highest BCUT2D eigenvalue weighted by Gasteiger charge is 2.47. The Labute approximate surface area is 93.7 Å². The van der Waals surface area contributed by atoms with Crippen molar-refractivity contribution < 1.29 is 9.53 Å². The average Bonchev–Trinajstić information content (AvgIpc) is 2.11. The first-order valence-electron chi connectivity index (χ1n) is 5.32. The molecule has 0 aromatic heterocycles. The van der Waals surface area contributed by atoms with Gasteiger partial charge in [0.2, 0.25) is 0 Å². The standard InChI is InChI=1S/C13H24O2/c1-9(10(2)14)13(7,11(3)15-8)12(4,5)6/h9H,3H2,1-2,4-8H3. The van der Waals surface area contributed by atoms with Crippen molar-refractivity contribution in [2.24, 2.45) is 16.7 Å². The van der Waals surface area contributed by atoms with Crippen molar-refractivity contribution in [3.05, 3.63) is 12.3 Å². The van der Waals surface area contributed by atoms with Crippen LogP contribution in [-0.2, 0) is 9.53 Å². The third-order valence-electron chi connectivity index (χ3n) is 3.86. The lowest BCUT2D eigenvalue weighted by atomic mass is 9.59.